The summed E-state index contributed by atoms with van der Waals surface area (Å²) in [7, 11) is 0. The Bertz CT molecular complexity index is 116. The van der Waals surface area contributed by atoms with E-state index in [1.807, 2.05) is 0 Å². The fourth-order valence-electron chi connectivity index (χ4n) is 1.08. The molecule has 1 fully saturated rings. The van der Waals surface area contributed by atoms with Crippen molar-refractivity contribution in [2.24, 2.45) is 5.92 Å². The quantitative estimate of drug-likeness (QED) is 0.596. The number of piperidine rings is 1. The van der Waals surface area contributed by atoms with Gasteiger partial charge in [-0.05, 0) is 13.0 Å². The van der Waals surface area contributed by atoms with Gasteiger partial charge in [-0.3, -0.25) is 4.39 Å². The fourth-order valence-corrected chi connectivity index (χ4v) is 1.08. The Morgan fingerprint density at radius 1 is 1.50 bits per heavy atom. The van der Waals surface area contributed by atoms with E-state index in [1.165, 1.54) is 0 Å². The molecule has 0 unspecified atom stereocenters. The molecule has 0 aromatic carbocycles. The second kappa shape index (κ2) is 2.78. The summed E-state index contributed by atoms with van der Waals surface area (Å²) in [5.74, 6) is -3.90. The second-order valence-electron chi connectivity index (χ2n) is 2.58. The van der Waals surface area contributed by atoms with E-state index in [0.717, 1.165) is 0 Å². The SMILES string of the molecule is FC[C@H]1CCNCC1(F)F. The second-order valence-corrected chi connectivity index (χ2v) is 2.58. The molecule has 1 heterocycles. The predicted octanol–water partition coefficient (Wildman–Crippen LogP) is 1.20. The summed E-state index contributed by atoms with van der Waals surface area (Å²) < 4.78 is 37.0. The van der Waals surface area contributed by atoms with Crippen molar-refractivity contribution in [2.45, 2.75) is 12.3 Å². The van der Waals surface area contributed by atoms with Crippen molar-refractivity contribution in [3.8, 4) is 0 Å². The maximum absolute atomic E-state index is 12.6. The van der Waals surface area contributed by atoms with Crippen molar-refractivity contribution in [3.05, 3.63) is 0 Å². The van der Waals surface area contributed by atoms with Gasteiger partial charge in [0.25, 0.3) is 5.92 Å². The molecule has 10 heavy (non-hydrogen) atoms. The minimum atomic E-state index is -2.84. The number of hydrogen-bond donors (Lipinski definition) is 1. The molecule has 0 spiro atoms. The van der Waals surface area contributed by atoms with Crippen molar-refractivity contribution >= 4 is 0 Å². The topological polar surface area (TPSA) is 12.0 Å². The monoisotopic (exact) mass is 153 g/mol. The highest BCUT2D eigenvalue weighted by Gasteiger charge is 2.41. The Kier molecular flexibility index (Phi) is 2.18. The molecule has 0 aromatic heterocycles. The van der Waals surface area contributed by atoms with Crippen LogP contribution in [0.3, 0.4) is 0 Å². The van der Waals surface area contributed by atoms with E-state index in [4.69, 9.17) is 0 Å². The Morgan fingerprint density at radius 2 is 2.20 bits per heavy atom. The lowest BCUT2D eigenvalue weighted by Crippen LogP contribution is -2.46. The third kappa shape index (κ3) is 1.42. The summed E-state index contributed by atoms with van der Waals surface area (Å²) in [6.07, 6.45) is 0.240. The van der Waals surface area contributed by atoms with Crippen LogP contribution in [-0.2, 0) is 0 Å². The molecule has 0 saturated carbocycles. The smallest absolute Gasteiger partial charge is 0.265 e. The van der Waals surface area contributed by atoms with Gasteiger partial charge in [-0.2, -0.15) is 0 Å². The van der Waals surface area contributed by atoms with Gasteiger partial charge in [0.15, 0.2) is 0 Å². The first-order valence-corrected chi connectivity index (χ1v) is 3.31. The van der Waals surface area contributed by atoms with Crippen LogP contribution in [0, 0.1) is 5.92 Å². The van der Waals surface area contributed by atoms with Crippen LogP contribution in [0.5, 0.6) is 0 Å². The van der Waals surface area contributed by atoms with Crippen LogP contribution >= 0.6 is 0 Å². The first-order valence-electron chi connectivity index (χ1n) is 3.31. The number of nitrogens with one attached hydrogen (secondary N) is 1. The third-order valence-electron chi connectivity index (χ3n) is 1.81. The van der Waals surface area contributed by atoms with Crippen LogP contribution in [0.2, 0.25) is 0 Å². The fraction of sp³-hybridized carbons (Fsp3) is 1.00. The van der Waals surface area contributed by atoms with Crippen LogP contribution in [0.4, 0.5) is 13.2 Å². The van der Waals surface area contributed by atoms with Crippen LogP contribution in [0.15, 0.2) is 0 Å². The van der Waals surface area contributed by atoms with E-state index >= 15 is 0 Å². The molecule has 0 amide bonds. The van der Waals surface area contributed by atoms with Gasteiger partial charge in [0, 0.05) is 0 Å². The summed E-state index contributed by atoms with van der Waals surface area (Å²) in [4.78, 5) is 0. The summed E-state index contributed by atoms with van der Waals surface area (Å²) >= 11 is 0. The van der Waals surface area contributed by atoms with Crippen molar-refractivity contribution in [3.63, 3.8) is 0 Å². The number of halogens is 3. The molecular weight excluding hydrogens is 143 g/mol. The average Bonchev–Trinajstić information content (AvgIpc) is 1.87. The Balaban J connectivity index is 2.51. The predicted molar refractivity (Wildman–Crippen MR) is 31.9 cm³/mol. The summed E-state index contributed by atoms with van der Waals surface area (Å²) in [5.41, 5.74) is 0. The van der Waals surface area contributed by atoms with Crippen LogP contribution in [0.25, 0.3) is 0 Å². The molecule has 0 bridgehead atoms. The Hall–Kier alpha value is -0.250. The molecule has 1 rings (SSSR count). The van der Waals surface area contributed by atoms with Gasteiger partial charge in [0.1, 0.15) is 0 Å². The molecule has 1 N–H and O–H groups in total. The van der Waals surface area contributed by atoms with Crippen LogP contribution in [-0.4, -0.2) is 25.7 Å². The van der Waals surface area contributed by atoms with E-state index in [0.29, 0.717) is 6.54 Å². The van der Waals surface area contributed by atoms with E-state index < -0.39 is 18.5 Å². The van der Waals surface area contributed by atoms with Gasteiger partial charge in [-0.15, -0.1) is 0 Å². The zero-order valence-corrected chi connectivity index (χ0v) is 5.54. The molecule has 60 valence electrons. The van der Waals surface area contributed by atoms with Gasteiger partial charge in [-0.25, -0.2) is 8.78 Å². The molecule has 4 heteroatoms. The molecule has 0 aromatic rings. The molecule has 1 atom stereocenters. The Morgan fingerprint density at radius 3 is 2.60 bits per heavy atom. The minimum Gasteiger partial charge on any atom is -0.311 e. The number of hydrogen-bond acceptors (Lipinski definition) is 1. The summed E-state index contributed by atoms with van der Waals surface area (Å²) in [6, 6.07) is 0. The molecular formula is C6H10F3N. The van der Waals surface area contributed by atoms with E-state index in [-0.39, 0.29) is 13.0 Å². The Labute approximate surface area is 57.6 Å². The highest BCUT2D eigenvalue weighted by molar-refractivity contribution is 4.83. The lowest BCUT2D eigenvalue weighted by molar-refractivity contribution is -0.0800. The zero-order valence-electron chi connectivity index (χ0n) is 5.54. The summed E-state index contributed by atoms with van der Waals surface area (Å²) in [6.45, 7) is -0.777. The highest BCUT2D eigenvalue weighted by Crippen LogP contribution is 2.29. The average molecular weight is 153 g/mol. The lowest BCUT2D eigenvalue weighted by Gasteiger charge is -2.29. The van der Waals surface area contributed by atoms with Crippen molar-refractivity contribution < 1.29 is 13.2 Å². The van der Waals surface area contributed by atoms with Gasteiger partial charge >= 0.3 is 0 Å². The molecule has 1 nitrogen and oxygen atoms in total. The summed E-state index contributed by atoms with van der Waals surface area (Å²) in [5, 5.41) is 2.52. The van der Waals surface area contributed by atoms with Gasteiger partial charge in [-0.1, -0.05) is 0 Å². The molecule has 1 aliphatic heterocycles. The molecule has 0 radical (unpaired) electrons. The van der Waals surface area contributed by atoms with Crippen LogP contribution < -0.4 is 5.32 Å². The normalized spacial score (nSPS) is 32.1. The van der Waals surface area contributed by atoms with E-state index in [2.05, 4.69) is 5.32 Å². The maximum atomic E-state index is 12.6. The van der Waals surface area contributed by atoms with Gasteiger partial charge < -0.3 is 5.32 Å². The number of rotatable bonds is 1. The largest absolute Gasteiger partial charge is 0.311 e. The van der Waals surface area contributed by atoms with Crippen molar-refractivity contribution in [1.29, 1.82) is 0 Å². The van der Waals surface area contributed by atoms with Crippen molar-refractivity contribution in [2.75, 3.05) is 19.8 Å². The zero-order chi connectivity index (χ0) is 7.61. The molecule has 0 aliphatic carbocycles. The van der Waals surface area contributed by atoms with Crippen LogP contribution in [0.1, 0.15) is 6.42 Å². The van der Waals surface area contributed by atoms with Crippen molar-refractivity contribution in [1.82, 2.24) is 5.32 Å². The first-order chi connectivity index (χ1) is 4.67. The van der Waals surface area contributed by atoms with E-state index in [9.17, 15) is 13.2 Å². The lowest BCUT2D eigenvalue weighted by atomic mass is 9.96. The van der Waals surface area contributed by atoms with Gasteiger partial charge in [0.2, 0.25) is 0 Å². The third-order valence-corrected chi connectivity index (χ3v) is 1.81. The van der Waals surface area contributed by atoms with E-state index in [1.54, 1.807) is 0 Å². The first kappa shape index (κ1) is 7.85. The minimum absolute atomic E-state index is 0.240. The highest BCUT2D eigenvalue weighted by atomic mass is 19.3. The maximum Gasteiger partial charge on any atom is 0.265 e. The standard InChI is InChI=1S/C6H10F3N/c7-3-5-1-2-10-4-6(5,8)9/h5,10H,1-4H2/t5-/m1/s1. The van der Waals surface area contributed by atoms with Gasteiger partial charge in [0.05, 0.1) is 19.1 Å². The number of alkyl halides is 3. The molecule has 1 saturated heterocycles. The molecule has 1 aliphatic rings.